The van der Waals surface area contributed by atoms with E-state index in [1.165, 1.54) is 0 Å². The van der Waals surface area contributed by atoms with Crippen LogP contribution in [-0.4, -0.2) is 53.7 Å². The van der Waals surface area contributed by atoms with Crippen molar-refractivity contribution in [2.45, 2.75) is 115 Å². The second-order valence-corrected chi connectivity index (χ2v) is 11.0. The first-order valence-corrected chi connectivity index (χ1v) is 10.1. The summed E-state index contributed by atoms with van der Waals surface area (Å²) in [6.45, 7) is 17.4. The Labute approximate surface area is 165 Å². The van der Waals surface area contributed by atoms with Crippen molar-refractivity contribution in [3.63, 3.8) is 0 Å². The fourth-order valence-electron chi connectivity index (χ4n) is 5.15. The van der Waals surface area contributed by atoms with Crippen molar-refractivity contribution in [2.24, 2.45) is 0 Å². The number of rotatable bonds is 6. The third-order valence-electron chi connectivity index (χ3n) is 5.21. The molecule has 0 saturated carbocycles. The summed E-state index contributed by atoms with van der Waals surface area (Å²) in [4.78, 5) is 12.2. The monoisotopic (exact) mass is 384 g/mol. The Kier molecular flexibility index (Phi) is 6.67. The first-order valence-electron chi connectivity index (χ1n) is 10.1. The minimum Gasteiger partial charge on any atom is -0.461 e. The molecular weight excluding hydrogens is 344 g/mol. The number of carbonyl (C=O) groups is 1. The molecular formula is C21H40N2O4. The highest BCUT2D eigenvalue weighted by Gasteiger charge is 2.40. The molecule has 6 heteroatoms. The number of ether oxygens (including phenoxy) is 3. The van der Waals surface area contributed by atoms with E-state index in [0.717, 1.165) is 25.7 Å². The summed E-state index contributed by atoms with van der Waals surface area (Å²) < 4.78 is 17.0. The first-order chi connectivity index (χ1) is 12.2. The maximum absolute atomic E-state index is 12.2. The molecule has 0 bridgehead atoms. The van der Waals surface area contributed by atoms with Crippen LogP contribution in [0.4, 0.5) is 0 Å². The normalized spacial score (nSPS) is 27.3. The third-order valence-corrected chi connectivity index (χ3v) is 5.21. The van der Waals surface area contributed by atoms with Crippen molar-refractivity contribution in [1.29, 1.82) is 0 Å². The van der Waals surface area contributed by atoms with Crippen LogP contribution in [0.25, 0.3) is 0 Å². The Bertz CT molecular complexity index is 496. The summed E-state index contributed by atoms with van der Waals surface area (Å²) in [5, 5.41) is 7.22. The number of piperidine rings is 2. The second-order valence-electron chi connectivity index (χ2n) is 11.0. The highest BCUT2D eigenvalue weighted by molar-refractivity contribution is 5.70. The van der Waals surface area contributed by atoms with E-state index in [9.17, 15) is 4.79 Å². The average molecular weight is 385 g/mol. The van der Waals surface area contributed by atoms with Gasteiger partial charge in [0.05, 0.1) is 6.10 Å². The van der Waals surface area contributed by atoms with E-state index in [1.807, 2.05) is 0 Å². The van der Waals surface area contributed by atoms with Gasteiger partial charge in [-0.2, -0.15) is 0 Å². The number of esters is 1. The molecule has 0 unspecified atom stereocenters. The smallest absolute Gasteiger partial charge is 0.332 e. The van der Waals surface area contributed by atoms with E-state index in [4.69, 9.17) is 14.2 Å². The molecule has 2 aliphatic heterocycles. The summed E-state index contributed by atoms with van der Waals surface area (Å²) >= 11 is 0. The van der Waals surface area contributed by atoms with Gasteiger partial charge in [0.15, 0.2) is 0 Å². The highest BCUT2D eigenvalue weighted by Crippen LogP contribution is 2.31. The minimum absolute atomic E-state index is 0.0277. The Hall–Kier alpha value is -0.690. The van der Waals surface area contributed by atoms with E-state index in [2.05, 4.69) is 66.0 Å². The molecule has 0 radical (unpaired) electrons. The predicted molar refractivity (Wildman–Crippen MR) is 107 cm³/mol. The molecule has 0 atom stereocenters. The quantitative estimate of drug-likeness (QED) is 0.417. The topological polar surface area (TPSA) is 68.8 Å². The first kappa shape index (κ1) is 22.6. The standard InChI is InChI=1S/C21H40N2O4/c1-18(2)9-15(10-19(3,4)22-18)26-14-25-13-17(24)27-16-11-20(5,6)23-21(7,8)12-16/h15-16,22-23H,9-14H2,1-8H3. The zero-order valence-electron chi connectivity index (χ0n) is 18.5. The number of carbonyl (C=O) groups excluding carboxylic acids is 1. The fourth-order valence-corrected chi connectivity index (χ4v) is 5.15. The van der Waals surface area contributed by atoms with Crippen LogP contribution in [0.2, 0.25) is 0 Å². The lowest BCUT2D eigenvalue weighted by molar-refractivity contribution is -0.168. The van der Waals surface area contributed by atoms with Gasteiger partial charge in [0.1, 0.15) is 19.5 Å². The molecule has 0 aromatic heterocycles. The lowest BCUT2D eigenvalue weighted by atomic mass is 9.81. The lowest BCUT2D eigenvalue weighted by Crippen LogP contribution is -2.59. The van der Waals surface area contributed by atoms with Gasteiger partial charge in [0, 0.05) is 35.0 Å². The fraction of sp³-hybridized carbons (Fsp3) is 0.952. The van der Waals surface area contributed by atoms with Crippen LogP contribution in [0.5, 0.6) is 0 Å². The van der Waals surface area contributed by atoms with E-state index in [0.29, 0.717) is 0 Å². The summed E-state index contributed by atoms with van der Waals surface area (Å²) in [7, 11) is 0. The van der Waals surface area contributed by atoms with Gasteiger partial charge in [-0.1, -0.05) is 0 Å². The Morgan fingerprint density at radius 3 is 1.63 bits per heavy atom. The van der Waals surface area contributed by atoms with Crippen molar-refractivity contribution in [1.82, 2.24) is 10.6 Å². The van der Waals surface area contributed by atoms with Crippen LogP contribution < -0.4 is 10.6 Å². The van der Waals surface area contributed by atoms with Gasteiger partial charge in [0.25, 0.3) is 0 Å². The minimum atomic E-state index is -0.317. The number of nitrogens with one attached hydrogen (secondary N) is 2. The highest BCUT2D eigenvalue weighted by atomic mass is 16.7. The molecule has 2 saturated heterocycles. The number of hydrogen-bond donors (Lipinski definition) is 2. The summed E-state index contributed by atoms with van der Waals surface area (Å²) in [5.74, 6) is -0.317. The molecule has 0 aromatic rings. The Balaban J connectivity index is 1.70. The van der Waals surface area contributed by atoms with E-state index in [1.54, 1.807) is 0 Å². The Morgan fingerprint density at radius 2 is 1.19 bits per heavy atom. The summed E-state index contributed by atoms with van der Waals surface area (Å²) in [6, 6.07) is 0. The predicted octanol–water partition coefficient (Wildman–Crippen LogP) is 3.14. The molecule has 2 fully saturated rings. The van der Waals surface area contributed by atoms with Gasteiger partial charge >= 0.3 is 5.97 Å². The summed E-state index contributed by atoms with van der Waals surface area (Å²) in [6.07, 6.45) is 3.49. The molecule has 2 heterocycles. The second kappa shape index (κ2) is 7.97. The molecule has 2 aliphatic rings. The van der Waals surface area contributed by atoms with Gasteiger partial charge in [-0.25, -0.2) is 4.79 Å². The molecule has 0 aromatic carbocycles. The van der Waals surface area contributed by atoms with Crippen LogP contribution in [0.15, 0.2) is 0 Å². The molecule has 0 amide bonds. The van der Waals surface area contributed by atoms with Gasteiger partial charge in [0.2, 0.25) is 0 Å². The lowest BCUT2D eigenvalue weighted by Gasteiger charge is -2.46. The molecule has 158 valence electrons. The molecule has 2 N–H and O–H groups in total. The zero-order valence-corrected chi connectivity index (χ0v) is 18.5. The van der Waals surface area contributed by atoms with E-state index >= 15 is 0 Å². The van der Waals surface area contributed by atoms with Crippen molar-refractivity contribution in [2.75, 3.05) is 13.4 Å². The number of hydrogen-bond acceptors (Lipinski definition) is 6. The molecule has 0 spiro atoms. The van der Waals surface area contributed by atoms with Crippen molar-refractivity contribution in [3.05, 3.63) is 0 Å². The zero-order chi connectivity index (χ0) is 20.5. The van der Waals surface area contributed by atoms with Crippen LogP contribution in [0.1, 0.15) is 81.1 Å². The van der Waals surface area contributed by atoms with Crippen molar-refractivity contribution < 1.29 is 19.0 Å². The van der Waals surface area contributed by atoms with Crippen molar-refractivity contribution in [3.8, 4) is 0 Å². The molecule has 27 heavy (non-hydrogen) atoms. The van der Waals surface area contributed by atoms with Crippen LogP contribution >= 0.6 is 0 Å². The average Bonchev–Trinajstić information content (AvgIpc) is 2.36. The van der Waals surface area contributed by atoms with Gasteiger partial charge < -0.3 is 24.8 Å². The Morgan fingerprint density at radius 1 is 0.778 bits per heavy atom. The maximum atomic E-state index is 12.2. The molecule has 0 aliphatic carbocycles. The summed E-state index contributed by atoms with van der Waals surface area (Å²) in [5.41, 5.74) is -0.0451. The largest absolute Gasteiger partial charge is 0.461 e. The van der Waals surface area contributed by atoms with Crippen LogP contribution in [-0.2, 0) is 19.0 Å². The molecule has 6 nitrogen and oxygen atoms in total. The molecule has 2 rings (SSSR count). The third kappa shape index (κ3) is 7.68. The van der Waals surface area contributed by atoms with E-state index in [-0.39, 0.29) is 53.7 Å². The van der Waals surface area contributed by atoms with Gasteiger partial charge in [-0.15, -0.1) is 0 Å². The van der Waals surface area contributed by atoms with Crippen LogP contribution in [0, 0.1) is 0 Å². The van der Waals surface area contributed by atoms with Gasteiger partial charge in [-0.05, 0) is 68.2 Å². The van der Waals surface area contributed by atoms with Crippen molar-refractivity contribution >= 4 is 5.97 Å². The SMILES string of the molecule is CC1(C)CC(OCOCC(=O)OC2CC(C)(C)NC(C)(C)C2)CC(C)(C)N1. The van der Waals surface area contributed by atoms with E-state index < -0.39 is 0 Å². The maximum Gasteiger partial charge on any atom is 0.332 e. The van der Waals surface area contributed by atoms with Gasteiger partial charge in [-0.3, -0.25) is 0 Å². The van der Waals surface area contributed by atoms with Crippen LogP contribution in [0.3, 0.4) is 0 Å².